The summed E-state index contributed by atoms with van der Waals surface area (Å²) in [5.74, 6) is 1.56. The number of anilines is 1. The molecule has 4 rings (SSSR count). The second kappa shape index (κ2) is 9.25. The maximum Gasteiger partial charge on any atom is 0.258 e. The number of benzene rings is 2. The molecule has 1 aromatic heterocycles. The van der Waals surface area contributed by atoms with Crippen LogP contribution in [0.25, 0.3) is 22.8 Å². The zero-order valence-corrected chi connectivity index (χ0v) is 16.9. The minimum atomic E-state index is 0.124. The summed E-state index contributed by atoms with van der Waals surface area (Å²) in [5, 5.41) is 16.7. The molecule has 1 atom stereocenters. The minimum Gasteiger partial charge on any atom is -0.489 e. The van der Waals surface area contributed by atoms with E-state index in [-0.39, 0.29) is 12.6 Å². The molecule has 4 N–H and O–H groups in total. The van der Waals surface area contributed by atoms with E-state index in [1.165, 1.54) is 11.1 Å². The number of aliphatic hydroxyl groups is 1. The van der Waals surface area contributed by atoms with Gasteiger partial charge in [-0.25, -0.2) is 0 Å². The number of aliphatic hydroxyl groups excluding tert-OH is 1. The number of ether oxygens (including phenoxy) is 2. The third-order valence-electron chi connectivity index (χ3n) is 5.24. The summed E-state index contributed by atoms with van der Waals surface area (Å²) in [6, 6.07) is 11.8. The molecule has 0 amide bonds. The molecule has 0 aliphatic heterocycles. The van der Waals surface area contributed by atoms with Crippen molar-refractivity contribution in [2.45, 2.75) is 18.9 Å². The number of nitrogen functional groups attached to an aromatic ring is 1. The van der Waals surface area contributed by atoms with Crippen molar-refractivity contribution in [3.05, 3.63) is 47.5 Å². The Balaban J connectivity index is 1.56. The van der Waals surface area contributed by atoms with Crippen LogP contribution in [-0.2, 0) is 11.2 Å². The van der Waals surface area contributed by atoms with Gasteiger partial charge in [0.15, 0.2) is 0 Å². The zero-order valence-electron chi connectivity index (χ0n) is 16.9. The molecule has 0 saturated heterocycles. The fourth-order valence-corrected chi connectivity index (χ4v) is 3.81. The molecule has 2 aromatic carbocycles. The Bertz CT molecular complexity index is 1000. The predicted octanol–water partition coefficient (Wildman–Crippen LogP) is 2.58. The highest BCUT2D eigenvalue weighted by Crippen LogP contribution is 2.37. The first-order chi connectivity index (χ1) is 14.7. The fraction of sp³-hybridized carbons (Fsp3) is 0.364. The fourth-order valence-electron chi connectivity index (χ4n) is 3.81. The Kier molecular flexibility index (Phi) is 6.27. The molecule has 1 heterocycles. The summed E-state index contributed by atoms with van der Waals surface area (Å²) in [7, 11) is 1.62. The number of nitrogens with zero attached hydrogens (tertiary/aromatic N) is 2. The van der Waals surface area contributed by atoms with Crippen molar-refractivity contribution >= 4 is 5.69 Å². The van der Waals surface area contributed by atoms with Gasteiger partial charge in [0.2, 0.25) is 5.82 Å². The number of hydrogen-bond donors (Lipinski definition) is 3. The van der Waals surface area contributed by atoms with E-state index in [2.05, 4.69) is 21.5 Å². The molecule has 0 radical (unpaired) electrons. The van der Waals surface area contributed by atoms with Crippen molar-refractivity contribution in [2.75, 3.05) is 39.2 Å². The van der Waals surface area contributed by atoms with E-state index in [0.29, 0.717) is 42.9 Å². The second-order valence-corrected chi connectivity index (χ2v) is 7.16. The summed E-state index contributed by atoms with van der Waals surface area (Å²) >= 11 is 0. The molecule has 8 heteroatoms. The van der Waals surface area contributed by atoms with Crippen LogP contribution in [0.4, 0.5) is 5.69 Å². The van der Waals surface area contributed by atoms with E-state index in [9.17, 15) is 0 Å². The Morgan fingerprint density at radius 3 is 2.97 bits per heavy atom. The van der Waals surface area contributed by atoms with Gasteiger partial charge >= 0.3 is 0 Å². The molecule has 8 nitrogen and oxygen atoms in total. The Labute approximate surface area is 175 Å². The monoisotopic (exact) mass is 410 g/mol. The van der Waals surface area contributed by atoms with E-state index in [1.807, 2.05) is 18.2 Å². The average Bonchev–Trinajstić information content (AvgIpc) is 3.41. The number of nitrogens with two attached hydrogens (primary N) is 1. The SMILES string of the molecule is COCCOc1ccc(-c2nc(-c3cccc4c3CCC4NCCO)no2)cc1N. The van der Waals surface area contributed by atoms with Gasteiger partial charge in [0.05, 0.1) is 18.9 Å². The standard InChI is InChI=1S/C22H26N4O4/c1-28-11-12-29-20-8-5-14(13-18(20)23)22-25-21(26-30-22)17-4-2-3-16-15(17)6-7-19(16)24-9-10-27/h2-5,8,13,19,24,27H,6-7,9-12,23H2,1H3. The van der Waals surface area contributed by atoms with Crippen molar-refractivity contribution in [1.82, 2.24) is 15.5 Å². The average molecular weight is 410 g/mol. The van der Waals surface area contributed by atoms with Crippen LogP contribution in [0.2, 0.25) is 0 Å². The number of hydrogen-bond acceptors (Lipinski definition) is 8. The molecule has 0 fully saturated rings. The Morgan fingerprint density at radius 2 is 2.17 bits per heavy atom. The van der Waals surface area contributed by atoms with Gasteiger partial charge in [-0.2, -0.15) is 4.98 Å². The number of fused-ring (bicyclic) bond motifs is 1. The minimum absolute atomic E-state index is 0.124. The van der Waals surface area contributed by atoms with Gasteiger partial charge in [-0.1, -0.05) is 23.4 Å². The van der Waals surface area contributed by atoms with Crippen molar-refractivity contribution in [3.63, 3.8) is 0 Å². The normalized spacial score (nSPS) is 15.3. The van der Waals surface area contributed by atoms with Gasteiger partial charge in [0.1, 0.15) is 12.4 Å². The number of aromatic nitrogens is 2. The lowest BCUT2D eigenvalue weighted by atomic mass is 10.0. The molecular weight excluding hydrogens is 384 g/mol. The molecular formula is C22H26N4O4. The number of rotatable bonds is 9. The molecule has 30 heavy (non-hydrogen) atoms. The molecule has 0 bridgehead atoms. The van der Waals surface area contributed by atoms with E-state index >= 15 is 0 Å². The lowest BCUT2D eigenvalue weighted by Crippen LogP contribution is -2.22. The largest absolute Gasteiger partial charge is 0.489 e. The highest BCUT2D eigenvalue weighted by atomic mass is 16.5. The zero-order chi connectivity index (χ0) is 20.9. The lowest BCUT2D eigenvalue weighted by Gasteiger charge is -2.13. The Hall–Kier alpha value is -2.94. The third kappa shape index (κ3) is 4.16. The summed E-state index contributed by atoms with van der Waals surface area (Å²) in [5.41, 5.74) is 10.8. The molecule has 1 aliphatic carbocycles. The maximum absolute atomic E-state index is 9.09. The van der Waals surface area contributed by atoms with Crippen LogP contribution in [0, 0.1) is 0 Å². The molecule has 0 spiro atoms. The highest BCUT2D eigenvalue weighted by molar-refractivity contribution is 5.68. The van der Waals surface area contributed by atoms with Crippen LogP contribution < -0.4 is 15.8 Å². The topological polar surface area (TPSA) is 116 Å². The van der Waals surface area contributed by atoms with Crippen LogP contribution in [0.3, 0.4) is 0 Å². The number of methoxy groups -OCH3 is 1. The van der Waals surface area contributed by atoms with Gasteiger partial charge in [-0.05, 0) is 42.2 Å². The first-order valence-electron chi connectivity index (χ1n) is 10.0. The summed E-state index contributed by atoms with van der Waals surface area (Å²) in [4.78, 5) is 4.61. The van der Waals surface area contributed by atoms with Crippen molar-refractivity contribution in [3.8, 4) is 28.6 Å². The quantitative estimate of drug-likeness (QED) is 0.364. The van der Waals surface area contributed by atoms with E-state index in [1.54, 1.807) is 19.2 Å². The maximum atomic E-state index is 9.09. The van der Waals surface area contributed by atoms with E-state index in [4.69, 9.17) is 24.8 Å². The van der Waals surface area contributed by atoms with Crippen molar-refractivity contribution in [2.24, 2.45) is 0 Å². The van der Waals surface area contributed by atoms with Gasteiger partial charge in [-0.3, -0.25) is 0 Å². The van der Waals surface area contributed by atoms with Crippen molar-refractivity contribution < 1.29 is 19.1 Å². The first kappa shape index (κ1) is 20.3. The molecule has 158 valence electrons. The van der Waals surface area contributed by atoms with E-state index in [0.717, 1.165) is 24.0 Å². The molecule has 1 unspecified atom stereocenters. The lowest BCUT2D eigenvalue weighted by molar-refractivity contribution is 0.146. The Morgan fingerprint density at radius 1 is 1.27 bits per heavy atom. The third-order valence-corrected chi connectivity index (χ3v) is 5.24. The summed E-state index contributed by atoms with van der Waals surface area (Å²) in [6.07, 6.45) is 1.91. The van der Waals surface area contributed by atoms with Gasteiger partial charge in [0.25, 0.3) is 5.89 Å². The number of nitrogens with one attached hydrogen (secondary N) is 1. The van der Waals surface area contributed by atoms with Gasteiger partial charge in [0, 0.05) is 30.8 Å². The van der Waals surface area contributed by atoms with Gasteiger partial charge in [-0.15, -0.1) is 0 Å². The van der Waals surface area contributed by atoms with Crippen LogP contribution in [0.1, 0.15) is 23.6 Å². The van der Waals surface area contributed by atoms with Gasteiger partial charge < -0.3 is 30.2 Å². The highest BCUT2D eigenvalue weighted by Gasteiger charge is 2.26. The summed E-state index contributed by atoms with van der Waals surface area (Å²) < 4.78 is 16.1. The van der Waals surface area contributed by atoms with E-state index < -0.39 is 0 Å². The van der Waals surface area contributed by atoms with Crippen molar-refractivity contribution in [1.29, 1.82) is 0 Å². The predicted molar refractivity (Wildman–Crippen MR) is 113 cm³/mol. The van der Waals surface area contributed by atoms with Crippen LogP contribution in [0.15, 0.2) is 40.9 Å². The first-order valence-corrected chi connectivity index (χ1v) is 10.0. The van der Waals surface area contributed by atoms with Crippen LogP contribution >= 0.6 is 0 Å². The second-order valence-electron chi connectivity index (χ2n) is 7.16. The molecule has 1 aliphatic rings. The molecule has 3 aromatic rings. The smallest absolute Gasteiger partial charge is 0.258 e. The van der Waals surface area contributed by atoms with Crippen LogP contribution in [-0.4, -0.2) is 48.7 Å². The van der Waals surface area contributed by atoms with Crippen LogP contribution in [0.5, 0.6) is 5.75 Å². The summed E-state index contributed by atoms with van der Waals surface area (Å²) in [6.45, 7) is 1.62. The molecule has 0 saturated carbocycles.